The Morgan fingerprint density at radius 3 is 2.73 bits per heavy atom. The number of fused-ring (bicyclic) bond motifs is 2. The molecule has 0 saturated heterocycles. The zero-order chi connectivity index (χ0) is 10.4. The van der Waals surface area contributed by atoms with E-state index >= 15 is 0 Å². The van der Waals surface area contributed by atoms with Gasteiger partial charge in [0.2, 0.25) is 0 Å². The van der Waals surface area contributed by atoms with Gasteiger partial charge in [0.1, 0.15) is 11.2 Å². The standard InChI is InChI=1S/C12H8O2S/c1-7-11-9(4-5-13-11)6-8-2-3-10(15)14-12(7)8/h2-6H,1H3. The zero-order valence-corrected chi connectivity index (χ0v) is 8.93. The number of furan rings is 1. The highest BCUT2D eigenvalue weighted by atomic mass is 32.1. The lowest BCUT2D eigenvalue weighted by Crippen LogP contribution is -1.79. The summed E-state index contributed by atoms with van der Waals surface area (Å²) in [6.07, 6.45) is 1.69. The second kappa shape index (κ2) is 2.94. The fourth-order valence-electron chi connectivity index (χ4n) is 1.84. The van der Waals surface area contributed by atoms with Crippen LogP contribution in [0.4, 0.5) is 0 Å². The predicted octanol–water partition coefficient (Wildman–Crippen LogP) is 4.22. The van der Waals surface area contributed by atoms with Crippen LogP contribution in [0.2, 0.25) is 0 Å². The lowest BCUT2D eigenvalue weighted by Gasteiger charge is -2.01. The molecular formula is C12H8O2S. The highest BCUT2D eigenvalue weighted by Gasteiger charge is 2.07. The molecule has 2 aromatic heterocycles. The van der Waals surface area contributed by atoms with Crippen molar-refractivity contribution >= 4 is 34.2 Å². The third-order valence-corrected chi connectivity index (χ3v) is 2.77. The molecule has 3 rings (SSSR count). The van der Waals surface area contributed by atoms with Crippen LogP contribution < -0.4 is 0 Å². The van der Waals surface area contributed by atoms with Crippen LogP contribution in [-0.2, 0) is 0 Å². The number of rotatable bonds is 0. The van der Waals surface area contributed by atoms with Crippen LogP contribution in [-0.4, -0.2) is 0 Å². The van der Waals surface area contributed by atoms with Crippen molar-refractivity contribution in [3.05, 3.63) is 40.8 Å². The van der Waals surface area contributed by atoms with E-state index in [1.54, 1.807) is 12.3 Å². The molecule has 0 aliphatic heterocycles. The van der Waals surface area contributed by atoms with Crippen molar-refractivity contribution in [2.24, 2.45) is 0 Å². The molecule has 0 atom stereocenters. The van der Waals surface area contributed by atoms with Crippen molar-refractivity contribution in [3.8, 4) is 0 Å². The van der Waals surface area contributed by atoms with E-state index in [1.807, 2.05) is 25.1 Å². The molecule has 15 heavy (non-hydrogen) atoms. The number of hydrogen-bond acceptors (Lipinski definition) is 3. The summed E-state index contributed by atoms with van der Waals surface area (Å²) in [7, 11) is 0. The third kappa shape index (κ3) is 1.20. The fraction of sp³-hybridized carbons (Fsp3) is 0.0833. The number of hydrogen-bond donors (Lipinski definition) is 0. The molecule has 2 nitrogen and oxygen atoms in total. The molecule has 1 aromatic carbocycles. The summed E-state index contributed by atoms with van der Waals surface area (Å²) in [6.45, 7) is 1.98. The first-order valence-electron chi connectivity index (χ1n) is 4.66. The summed E-state index contributed by atoms with van der Waals surface area (Å²) in [5.41, 5.74) is 2.68. The van der Waals surface area contributed by atoms with E-state index in [1.165, 1.54) is 0 Å². The summed E-state index contributed by atoms with van der Waals surface area (Å²) in [4.78, 5) is 0. The quantitative estimate of drug-likeness (QED) is 0.526. The second-order valence-corrected chi connectivity index (χ2v) is 3.92. The Bertz CT molecular complexity index is 706. The first kappa shape index (κ1) is 8.68. The molecule has 0 saturated carbocycles. The minimum Gasteiger partial charge on any atom is -0.464 e. The van der Waals surface area contributed by atoms with E-state index in [-0.39, 0.29) is 0 Å². The van der Waals surface area contributed by atoms with Gasteiger partial charge in [0.25, 0.3) is 0 Å². The van der Waals surface area contributed by atoms with E-state index in [0.29, 0.717) is 4.71 Å². The van der Waals surface area contributed by atoms with Gasteiger partial charge in [-0.1, -0.05) is 0 Å². The Morgan fingerprint density at radius 1 is 1.07 bits per heavy atom. The van der Waals surface area contributed by atoms with Crippen molar-refractivity contribution in [2.45, 2.75) is 6.92 Å². The maximum Gasteiger partial charge on any atom is 0.190 e. The Hall–Kier alpha value is -1.61. The molecule has 0 radical (unpaired) electrons. The summed E-state index contributed by atoms with van der Waals surface area (Å²) in [5, 5.41) is 2.14. The van der Waals surface area contributed by atoms with Crippen LogP contribution in [0.25, 0.3) is 21.9 Å². The predicted molar refractivity (Wildman–Crippen MR) is 61.6 cm³/mol. The van der Waals surface area contributed by atoms with Crippen LogP contribution >= 0.6 is 12.2 Å². The minimum atomic E-state index is 0.497. The highest BCUT2D eigenvalue weighted by Crippen LogP contribution is 2.28. The molecule has 0 amide bonds. The van der Waals surface area contributed by atoms with E-state index in [4.69, 9.17) is 21.1 Å². The van der Waals surface area contributed by atoms with Gasteiger partial charge in [0, 0.05) is 16.3 Å². The molecule has 2 heterocycles. The van der Waals surface area contributed by atoms with Gasteiger partial charge in [-0.3, -0.25) is 0 Å². The molecule has 0 aliphatic rings. The summed E-state index contributed by atoms with van der Waals surface area (Å²) in [6, 6.07) is 7.76. The molecule has 3 aromatic rings. The van der Waals surface area contributed by atoms with Gasteiger partial charge in [-0.15, -0.1) is 0 Å². The summed E-state index contributed by atoms with van der Waals surface area (Å²) < 4.78 is 11.4. The largest absolute Gasteiger partial charge is 0.464 e. The average molecular weight is 216 g/mol. The molecule has 3 heteroatoms. The first-order chi connectivity index (χ1) is 7.25. The van der Waals surface area contributed by atoms with Gasteiger partial charge in [0.05, 0.1) is 6.26 Å². The molecule has 0 spiro atoms. The smallest absolute Gasteiger partial charge is 0.190 e. The van der Waals surface area contributed by atoms with Gasteiger partial charge in [-0.25, -0.2) is 0 Å². The summed E-state index contributed by atoms with van der Waals surface area (Å²) >= 11 is 5.00. The van der Waals surface area contributed by atoms with Gasteiger partial charge < -0.3 is 8.83 Å². The molecule has 0 unspecified atom stereocenters. The minimum absolute atomic E-state index is 0.497. The van der Waals surface area contributed by atoms with Crippen molar-refractivity contribution in [2.75, 3.05) is 0 Å². The molecule has 0 aliphatic carbocycles. The number of aryl methyl sites for hydroxylation is 1. The van der Waals surface area contributed by atoms with E-state index in [9.17, 15) is 0 Å². The Balaban J connectivity index is 2.64. The van der Waals surface area contributed by atoms with Crippen LogP contribution in [0, 0.1) is 11.6 Å². The van der Waals surface area contributed by atoms with Crippen molar-refractivity contribution in [1.82, 2.24) is 0 Å². The first-order valence-corrected chi connectivity index (χ1v) is 5.07. The van der Waals surface area contributed by atoms with Gasteiger partial charge >= 0.3 is 0 Å². The van der Waals surface area contributed by atoms with Gasteiger partial charge in [-0.05, 0) is 43.4 Å². The number of benzene rings is 1. The topological polar surface area (TPSA) is 26.3 Å². The van der Waals surface area contributed by atoms with Crippen molar-refractivity contribution < 1.29 is 8.83 Å². The molecule has 74 valence electrons. The Morgan fingerprint density at radius 2 is 1.87 bits per heavy atom. The van der Waals surface area contributed by atoms with Gasteiger partial charge in [0.15, 0.2) is 4.71 Å². The third-order valence-electron chi connectivity index (χ3n) is 2.55. The monoisotopic (exact) mass is 216 g/mol. The normalized spacial score (nSPS) is 11.3. The maximum absolute atomic E-state index is 5.52. The lowest BCUT2D eigenvalue weighted by atomic mass is 10.1. The maximum atomic E-state index is 5.52. The lowest BCUT2D eigenvalue weighted by molar-refractivity contribution is 0.579. The van der Waals surface area contributed by atoms with Crippen molar-refractivity contribution in [1.29, 1.82) is 0 Å². The van der Waals surface area contributed by atoms with E-state index in [0.717, 1.165) is 27.5 Å². The van der Waals surface area contributed by atoms with Crippen molar-refractivity contribution in [3.63, 3.8) is 0 Å². The fourth-order valence-corrected chi connectivity index (χ4v) is 1.99. The van der Waals surface area contributed by atoms with Crippen LogP contribution in [0.1, 0.15) is 5.56 Å². The van der Waals surface area contributed by atoms with Crippen LogP contribution in [0.5, 0.6) is 0 Å². The Labute approximate surface area is 91.1 Å². The Kier molecular flexibility index (Phi) is 1.70. The molecule has 0 fully saturated rings. The van der Waals surface area contributed by atoms with E-state index in [2.05, 4.69) is 0 Å². The zero-order valence-electron chi connectivity index (χ0n) is 8.11. The highest BCUT2D eigenvalue weighted by molar-refractivity contribution is 7.71. The van der Waals surface area contributed by atoms with Crippen LogP contribution in [0.15, 0.2) is 39.4 Å². The second-order valence-electron chi connectivity index (χ2n) is 3.51. The molecular weight excluding hydrogens is 208 g/mol. The average Bonchev–Trinajstić information content (AvgIpc) is 2.68. The van der Waals surface area contributed by atoms with E-state index < -0.39 is 0 Å². The summed E-state index contributed by atoms with van der Waals surface area (Å²) in [5.74, 6) is 0. The van der Waals surface area contributed by atoms with Gasteiger partial charge in [-0.2, -0.15) is 0 Å². The SMILES string of the molecule is Cc1c2occc2cc2ccc(=S)oc12. The van der Waals surface area contributed by atoms with Crippen LogP contribution in [0.3, 0.4) is 0 Å². The molecule has 0 bridgehead atoms. The molecule has 0 N–H and O–H groups in total.